The highest BCUT2D eigenvalue weighted by Gasteiger charge is 2.27. The highest BCUT2D eigenvalue weighted by Crippen LogP contribution is 2.29. The van der Waals surface area contributed by atoms with E-state index in [4.69, 9.17) is 5.73 Å². The third kappa shape index (κ3) is 2.46. The van der Waals surface area contributed by atoms with Crippen LogP contribution in [0.4, 0.5) is 5.82 Å². The number of H-pyrrole nitrogens is 1. The van der Waals surface area contributed by atoms with E-state index in [2.05, 4.69) is 9.97 Å². The summed E-state index contributed by atoms with van der Waals surface area (Å²) in [4.78, 5) is 19.5. The largest absolute Gasteiger partial charge is 0.383 e. The van der Waals surface area contributed by atoms with Crippen molar-refractivity contribution in [2.75, 3.05) is 5.73 Å². The first-order valence-corrected chi connectivity index (χ1v) is 6.79. The van der Waals surface area contributed by atoms with Gasteiger partial charge < -0.3 is 10.7 Å². The molecule has 0 fully saturated rings. The van der Waals surface area contributed by atoms with Crippen LogP contribution in [-0.2, 0) is 5.41 Å². The Morgan fingerprint density at radius 1 is 1.20 bits per heavy atom. The molecule has 0 aliphatic heterocycles. The monoisotopic (exact) mass is 271 g/mol. The maximum absolute atomic E-state index is 12.2. The minimum absolute atomic E-state index is 0.0557. The molecule has 0 atom stereocenters. The molecule has 106 valence electrons. The molecule has 0 aliphatic carbocycles. The first-order chi connectivity index (χ1) is 9.34. The van der Waals surface area contributed by atoms with Gasteiger partial charge in [0, 0.05) is 5.41 Å². The van der Waals surface area contributed by atoms with Crippen LogP contribution in [0.25, 0.3) is 0 Å². The van der Waals surface area contributed by atoms with Gasteiger partial charge in [-0.2, -0.15) is 0 Å². The smallest absolute Gasteiger partial charge is 0.256 e. The molecule has 1 aromatic heterocycles. The summed E-state index contributed by atoms with van der Waals surface area (Å²) < 4.78 is 0. The summed E-state index contributed by atoms with van der Waals surface area (Å²) in [7, 11) is 0. The fourth-order valence-corrected chi connectivity index (χ4v) is 2.35. The number of nitrogens with one attached hydrogen (secondary N) is 1. The standard InChI is InChI=1S/C16H21N3O/c1-10(2)12-13(17)18-15(19-14(12)20)16(3,4)11-8-6-5-7-9-11/h5-10H,1-4H3,(H3,17,18,19,20). The Bertz CT molecular complexity index is 657. The molecular formula is C16H21N3O. The zero-order chi connectivity index (χ0) is 14.9. The van der Waals surface area contributed by atoms with Crippen LogP contribution in [0, 0.1) is 0 Å². The van der Waals surface area contributed by atoms with E-state index < -0.39 is 5.41 Å². The van der Waals surface area contributed by atoms with Gasteiger partial charge in [-0.1, -0.05) is 44.2 Å². The second-order valence-corrected chi connectivity index (χ2v) is 5.86. The maximum Gasteiger partial charge on any atom is 0.256 e. The molecule has 0 aliphatic rings. The second-order valence-electron chi connectivity index (χ2n) is 5.86. The molecule has 0 bridgehead atoms. The summed E-state index contributed by atoms with van der Waals surface area (Å²) in [5.41, 5.74) is 7.06. The lowest BCUT2D eigenvalue weighted by Crippen LogP contribution is -2.29. The van der Waals surface area contributed by atoms with Crippen molar-refractivity contribution in [2.45, 2.75) is 39.0 Å². The minimum atomic E-state index is -0.399. The Morgan fingerprint density at radius 3 is 2.30 bits per heavy atom. The fourth-order valence-electron chi connectivity index (χ4n) is 2.35. The van der Waals surface area contributed by atoms with Crippen LogP contribution in [-0.4, -0.2) is 9.97 Å². The van der Waals surface area contributed by atoms with Gasteiger partial charge >= 0.3 is 0 Å². The molecule has 2 rings (SSSR count). The first kappa shape index (κ1) is 14.3. The Morgan fingerprint density at radius 2 is 1.80 bits per heavy atom. The average Bonchev–Trinajstić information content (AvgIpc) is 2.38. The second kappa shape index (κ2) is 5.12. The van der Waals surface area contributed by atoms with Crippen molar-refractivity contribution in [2.24, 2.45) is 0 Å². The highest BCUT2D eigenvalue weighted by molar-refractivity contribution is 5.42. The van der Waals surface area contributed by atoms with Crippen LogP contribution in [0.1, 0.15) is 50.6 Å². The predicted octanol–water partition coefficient (Wildman–Crippen LogP) is 2.80. The zero-order valence-electron chi connectivity index (χ0n) is 12.4. The molecule has 2 aromatic rings. The van der Waals surface area contributed by atoms with Gasteiger partial charge in [-0.3, -0.25) is 4.79 Å². The SMILES string of the molecule is CC(C)c1c(N)nc(C(C)(C)c2ccccc2)[nH]c1=O. The van der Waals surface area contributed by atoms with Crippen LogP contribution >= 0.6 is 0 Å². The number of hydrogen-bond acceptors (Lipinski definition) is 3. The van der Waals surface area contributed by atoms with E-state index in [1.54, 1.807) is 0 Å². The normalized spacial score (nSPS) is 11.8. The van der Waals surface area contributed by atoms with Gasteiger partial charge in [-0.25, -0.2) is 4.98 Å². The summed E-state index contributed by atoms with van der Waals surface area (Å²) in [5.74, 6) is 0.971. The number of nitrogens with two attached hydrogens (primary N) is 1. The highest BCUT2D eigenvalue weighted by atomic mass is 16.1. The number of anilines is 1. The van der Waals surface area contributed by atoms with Crippen LogP contribution in [0.3, 0.4) is 0 Å². The first-order valence-electron chi connectivity index (χ1n) is 6.79. The Balaban J connectivity index is 2.57. The molecule has 0 saturated carbocycles. The number of benzene rings is 1. The van der Waals surface area contributed by atoms with Crippen LogP contribution in [0.15, 0.2) is 35.1 Å². The molecule has 4 heteroatoms. The minimum Gasteiger partial charge on any atom is -0.383 e. The van der Waals surface area contributed by atoms with E-state index in [-0.39, 0.29) is 11.5 Å². The number of nitrogen functional groups attached to an aromatic ring is 1. The number of hydrogen-bond donors (Lipinski definition) is 2. The van der Waals surface area contributed by atoms with Crippen molar-refractivity contribution in [3.8, 4) is 0 Å². The molecule has 0 radical (unpaired) electrons. The molecule has 1 heterocycles. The van der Waals surface area contributed by atoms with Crippen LogP contribution in [0.2, 0.25) is 0 Å². The molecule has 1 aromatic carbocycles. The number of aromatic amines is 1. The topological polar surface area (TPSA) is 71.8 Å². The molecule has 0 spiro atoms. The van der Waals surface area contributed by atoms with E-state index in [0.29, 0.717) is 17.2 Å². The summed E-state index contributed by atoms with van der Waals surface area (Å²) in [6, 6.07) is 9.95. The molecule has 0 saturated heterocycles. The number of nitrogens with zero attached hydrogens (tertiary/aromatic N) is 1. The molecule has 20 heavy (non-hydrogen) atoms. The fraction of sp³-hybridized carbons (Fsp3) is 0.375. The predicted molar refractivity (Wildman–Crippen MR) is 81.9 cm³/mol. The van der Waals surface area contributed by atoms with Crippen molar-refractivity contribution in [1.82, 2.24) is 9.97 Å². The molecule has 3 N–H and O–H groups in total. The van der Waals surface area contributed by atoms with Gasteiger partial charge in [0.25, 0.3) is 5.56 Å². The Kier molecular flexibility index (Phi) is 3.66. The van der Waals surface area contributed by atoms with Gasteiger partial charge in [0.1, 0.15) is 11.6 Å². The van der Waals surface area contributed by atoms with Gasteiger partial charge in [-0.15, -0.1) is 0 Å². The quantitative estimate of drug-likeness (QED) is 0.901. The Hall–Kier alpha value is -2.10. The van der Waals surface area contributed by atoms with E-state index >= 15 is 0 Å². The van der Waals surface area contributed by atoms with Gasteiger partial charge in [0.05, 0.1) is 5.56 Å². The Labute approximate surface area is 119 Å². The van der Waals surface area contributed by atoms with Crippen molar-refractivity contribution in [3.63, 3.8) is 0 Å². The maximum atomic E-state index is 12.2. The van der Waals surface area contributed by atoms with Crippen LogP contribution < -0.4 is 11.3 Å². The summed E-state index contributed by atoms with van der Waals surface area (Å²) in [6.45, 7) is 7.92. The summed E-state index contributed by atoms with van der Waals surface area (Å²) in [5, 5.41) is 0. The van der Waals surface area contributed by atoms with Crippen molar-refractivity contribution in [3.05, 3.63) is 57.6 Å². The number of rotatable bonds is 3. The van der Waals surface area contributed by atoms with E-state index in [1.165, 1.54) is 0 Å². The van der Waals surface area contributed by atoms with Crippen molar-refractivity contribution >= 4 is 5.82 Å². The molecule has 0 amide bonds. The third-order valence-corrected chi connectivity index (χ3v) is 3.65. The lowest BCUT2D eigenvalue weighted by Gasteiger charge is -2.25. The summed E-state index contributed by atoms with van der Waals surface area (Å²) >= 11 is 0. The number of aromatic nitrogens is 2. The zero-order valence-corrected chi connectivity index (χ0v) is 12.4. The van der Waals surface area contributed by atoms with E-state index in [9.17, 15) is 4.79 Å². The van der Waals surface area contributed by atoms with Crippen molar-refractivity contribution in [1.29, 1.82) is 0 Å². The lowest BCUT2D eigenvalue weighted by molar-refractivity contribution is 0.585. The molecular weight excluding hydrogens is 250 g/mol. The molecule has 0 unspecified atom stereocenters. The summed E-state index contributed by atoms with van der Waals surface area (Å²) in [6.07, 6.45) is 0. The van der Waals surface area contributed by atoms with Crippen molar-refractivity contribution < 1.29 is 0 Å². The van der Waals surface area contributed by atoms with Crippen LogP contribution in [0.5, 0.6) is 0 Å². The third-order valence-electron chi connectivity index (χ3n) is 3.65. The molecule has 4 nitrogen and oxygen atoms in total. The lowest BCUT2D eigenvalue weighted by atomic mass is 9.83. The van der Waals surface area contributed by atoms with E-state index in [0.717, 1.165) is 5.56 Å². The van der Waals surface area contributed by atoms with Gasteiger partial charge in [0.15, 0.2) is 0 Å². The van der Waals surface area contributed by atoms with Gasteiger partial charge in [-0.05, 0) is 25.3 Å². The van der Waals surface area contributed by atoms with Gasteiger partial charge in [0.2, 0.25) is 0 Å². The van der Waals surface area contributed by atoms with E-state index in [1.807, 2.05) is 58.0 Å². The average molecular weight is 271 g/mol.